The first-order valence-corrected chi connectivity index (χ1v) is 8.63. The fourth-order valence-corrected chi connectivity index (χ4v) is 3.30. The summed E-state index contributed by atoms with van der Waals surface area (Å²) >= 11 is 2.91. The average Bonchev–Trinajstić information content (AvgIpc) is 3.20. The van der Waals surface area contributed by atoms with E-state index in [1.54, 1.807) is 0 Å². The van der Waals surface area contributed by atoms with E-state index in [0.29, 0.717) is 11.8 Å². The SMILES string of the molecule is O=C(CSc1nnc(NCc2ccccc2)s1)NC1CC1. The van der Waals surface area contributed by atoms with E-state index in [2.05, 4.69) is 33.0 Å². The van der Waals surface area contributed by atoms with Gasteiger partial charge in [-0.3, -0.25) is 4.79 Å². The van der Waals surface area contributed by atoms with Crippen LogP contribution in [0.4, 0.5) is 5.13 Å². The zero-order valence-corrected chi connectivity index (χ0v) is 13.0. The molecule has 1 aromatic heterocycles. The fourth-order valence-electron chi connectivity index (χ4n) is 1.74. The van der Waals surface area contributed by atoms with Crippen molar-refractivity contribution in [3.05, 3.63) is 35.9 Å². The average molecular weight is 320 g/mol. The molecule has 2 N–H and O–H groups in total. The molecule has 0 unspecified atom stereocenters. The molecule has 0 spiro atoms. The molecule has 1 saturated carbocycles. The zero-order chi connectivity index (χ0) is 14.5. The van der Waals surface area contributed by atoms with Crippen molar-refractivity contribution in [1.82, 2.24) is 15.5 Å². The Morgan fingerprint density at radius 3 is 2.86 bits per heavy atom. The highest BCUT2D eigenvalue weighted by molar-refractivity contribution is 8.01. The number of anilines is 1. The van der Waals surface area contributed by atoms with Gasteiger partial charge in [0.2, 0.25) is 11.0 Å². The Balaban J connectivity index is 1.43. The third-order valence-electron chi connectivity index (χ3n) is 2.96. The molecular weight excluding hydrogens is 304 g/mol. The second-order valence-corrected chi connectivity index (χ2v) is 7.04. The van der Waals surface area contributed by atoms with Crippen molar-refractivity contribution >= 4 is 34.1 Å². The molecule has 1 heterocycles. The van der Waals surface area contributed by atoms with Crippen molar-refractivity contribution < 1.29 is 4.79 Å². The maximum atomic E-state index is 11.6. The van der Waals surface area contributed by atoms with Gasteiger partial charge in [0.15, 0.2) is 4.34 Å². The van der Waals surface area contributed by atoms with Crippen molar-refractivity contribution in [2.75, 3.05) is 11.1 Å². The Hall–Kier alpha value is -1.60. The maximum absolute atomic E-state index is 11.6. The first-order chi connectivity index (χ1) is 10.3. The number of hydrogen-bond donors (Lipinski definition) is 2. The lowest BCUT2D eigenvalue weighted by Gasteiger charge is -2.01. The molecule has 1 fully saturated rings. The summed E-state index contributed by atoms with van der Waals surface area (Å²) in [6, 6.07) is 10.6. The molecule has 1 aromatic carbocycles. The molecule has 21 heavy (non-hydrogen) atoms. The van der Waals surface area contributed by atoms with Crippen LogP contribution in [0, 0.1) is 0 Å². The van der Waals surface area contributed by atoms with Crippen molar-refractivity contribution in [1.29, 1.82) is 0 Å². The van der Waals surface area contributed by atoms with Gasteiger partial charge in [-0.25, -0.2) is 0 Å². The minimum absolute atomic E-state index is 0.0801. The quantitative estimate of drug-likeness (QED) is 0.767. The Bertz CT molecular complexity index is 598. The number of thioether (sulfide) groups is 1. The number of hydrogen-bond acceptors (Lipinski definition) is 6. The van der Waals surface area contributed by atoms with Gasteiger partial charge in [0, 0.05) is 12.6 Å². The number of nitrogens with zero attached hydrogens (tertiary/aromatic N) is 2. The lowest BCUT2D eigenvalue weighted by molar-refractivity contribution is -0.118. The van der Waals surface area contributed by atoms with Crippen LogP contribution in [-0.4, -0.2) is 27.9 Å². The molecular formula is C14H16N4OS2. The van der Waals surface area contributed by atoms with Crippen LogP contribution in [0.25, 0.3) is 0 Å². The van der Waals surface area contributed by atoms with Gasteiger partial charge >= 0.3 is 0 Å². The molecule has 7 heteroatoms. The van der Waals surface area contributed by atoms with E-state index in [9.17, 15) is 4.79 Å². The number of amides is 1. The van der Waals surface area contributed by atoms with Crippen LogP contribution < -0.4 is 10.6 Å². The third kappa shape index (κ3) is 4.71. The first-order valence-electron chi connectivity index (χ1n) is 6.83. The highest BCUT2D eigenvalue weighted by atomic mass is 32.2. The second kappa shape index (κ2) is 6.91. The van der Waals surface area contributed by atoms with Crippen LogP contribution in [0.2, 0.25) is 0 Å². The molecule has 0 saturated heterocycles. The number of benzene rings is 1. The Kier molecular flexibility index (Phi) is 4.72. The summed E-state index contributed by atoms with van der Waals surface area (Å²) in [6.45, 7) is 0.725. The normalized spacial score (nSPS) is 13.9. The van der Waals surface area contributed by atoms with Gasteiger partial charge in [-0.1, -0.05) is 53.4 Å². The van der Waals surface area contributed by atoms with E-state index in [4.69, 9.17) is 0 Å². The van der Waals surface area contributed by atoms with E-state index >= 15 is 0 Å². The number of rotatable bonds is 7. The Morgan fingerprint density at radius 1 is 1.29 bits per heavy atom. The van der Waals surface area contributed by atoms with Gasteiger partial charge in [-0.05, 0) is 18.4 Å². The van der Waals surface area contributed by atoms with Crippen LogP contribution in [-0.2, 0) is 11.3 Å². The fraction of sp³-hybridized carbons (Fsp3) is 0.357. The third-order valence-corrected chi connectivity index (χ3v) is 4.98. The van der Waals surface area contributed by atoms with Crippen LogP contribution in [0.1, 0.15) is 18.4 Å². The van der Waals surface area contributed by atoms with Gasteiger partial charge < -0.3 is 10.6 Å². The summed E-state index contributed by atoms with van der Waals surface area (Å²) < 4.78 is 0.816. The summed E-state index contributed by atoms with van der Waals surface area (Å²) in [4.78, 5) is 11.6. The monoisotopic (exact) mass is 320 g/mol. The zero-order valence-electron chi connectivity index (χ0n) is 11.4. The second-order valence-electron chi connectivity index (χ2n) is 4.84. The molecule has 1 aliphatic rings. The van der Waals surface area contributed by atoms with Crippen molar-refractivity contribution in [2.45, 2.75) is 29.8 Å². The molecule has 0 radical (unpaired) electrons. The Morgan fingerprint density at radius 2 is 2.10 bits per heavy atom. The number of carbonyl (C=O) groups is 1. The van der Waals surface area contributed by atoms with Crippen molar-refractivity contribution in [3.8, 4) is 0 Å². The van der Waals surface area contributed by atoms with E-state index < -0.39 is 0 Å². The van der Waals surface area contributed by atoms with Crippen LogP contribution >= 0.6 is 23.1 Å². The van der Waals surface area contributed by atoms with Gasteiger partial charge in [0.25, 0.3) is 0 Å². The Labute approximate surface area is 131 Å². The standard InChI is InChI=1S/C14H16N4OS2/c19-12(16-11-6-7-11)9-20-14-18-17-13(21-14)15-8-10-4-2-1-3-5-10/h1-5,11H,6-9H2,(H,15,17)(H,16,19). The lowest BCUT2D eigenvalue weighted by Crippen LogP contribution is -2.26. The van der Waals surface area contributed by atoms with Crippen LogP contribution in [0.15, 0.2) is 34.7 Å². The van der Waals surface area contributed by atoms with Gasteiger partial charge in [-0.15, -0.1) is 10.2 Å². The predicted molar refractivity (Wildman–Crippen MR) is 85.6 cm³/mol. The summed E-state index contributed by atoms with van der Waals surface area (Å²) in [6.07, 6.45) is 2.23. The van der Waals surface area contributed by atoms with E-state index in [1.807, 2.05) is 18.2 Å². The molecule has 0 atom stereocenters. The molecule has 5 nitrogen and oxygen atoms in total. The molecule has 2 aromatic rings. The minimum atomic E-state index is 0.0801. The molecule has 3 rings (SSSR count). The minimum Gasteiger partial charge on any atom is -0.356 e. The van der Waals surface area contributed by atoms with E-state index in [0.717, 1.165) is 28.9 Å². The van der Waals surface area contributed by atoms with Crippen LogP contribution in [0.3, 0.4) is 0 Å². The smallest absolute Gasteiger partial charge is 0.230 e. The largest absolute Gasteiger partial charge is 0.356 e. The van der Waals surface area contributed by atoms with E-state index in [1.165, 1.54) is 28.7 Å². The summed E-state index contributed by atoms with van der Waals surface area (Å²) in [5.41, 5.74) is 1.20. The van der Waals surface area contributed by atoms with Gasteiger partial charge in [0.05, 0.1) is 5.75 Å². The van der Waals surface area contributed by atoms with E-state index in [-0.39, 0.29) is 5.91 Å². The molecule has 0 bridgehead atoms. The molecule has 1 aliphatic carbocycles. The summed E-state index contributed by atoms with van der Waals surface area (Å²) in [7, 11) is 0. The van der Waals surface area contributed by atoms with Crippen molar-refractivity contribution in [2.24, 2.45) is 0 Å². The van der Waals surface area contributed by atoms with Crippen LogP contribution in [0.5, 0.6) is 0 Å². The lowest BCUT2D eigenvalue weighted by atomic mass is 10.2. The highest BCUT2D eigenvalue weighted by Crippen LogP contribution is 2.26. The molecule has 110 valence electrons. The van der Waals surface area contributed by atoms with Gasteiger partial charge in [0.1, 0.15) is 0 Å². The topological polar surface area (TPSA) is 66.9 Å². The van der Waals surface area contributed by atoms with Gasteiger partial charge in [-0.2, -0.15) is 0 Å². The molecule has 0 aliphatic heterocycles. The summed E-state index contributed by atoms with van der Waals surface area (Å²) in [5, 5.41) is 15.2. The number of carbonyl (C=O) groups excluding carboxylic acids is 1. The predicted octanol–water partition coefficient (Wildman–Crippen LogP) is 2.52. The highest BCUT2D eigenvalue weighted by Gasteiger charge is 2.23. The maximum Gasteiger partial charge on any atom is 0.230 e. The number of nitrogens with one attached hydrogen (secondary N) is 2. The molecule has 1 amide bonds. The summed E-state index contributed by atoms with van der Waals surface area (Å²) in [5.74, 6) is 0.487. The number of aromatic nitrogens is 2. The van der Waals surface area contributed by atoms with Crippen molar-refractivity contribution in [3.63, 3.8) is 0 Å². The first kappa shape index (κ1) is 14.3.